The molecule has 2 rings (SSSR count). The summed E-state index contributed by atoms with van der Waals surface area (Å²) < 4.78 is 13.6. The Kier molecular flexibility index (Phi) is 5.85. The van der Waals surface area contributed by atoms with Gasteiger partial charge in [0.2, 0.25) is 0 Å². The Morgan fingerprint density at radius 3 is 2.53 bits per heavy atom. The van der Waals surface area contributed by atoms with Crippen molar-refractivity contribution >= 4 is 12.4 Å². The van der Waals surface area contributed by atoms with E-state index in [4.69, 9.17) is 0 Å². The van der Waals surface area contributed by atoms with Crippen LogP contribution in [0.2, 0.25) is 0 Å². The average Bonchev–Trinajstić information content (AvgIpc) is 2.34. The third-order valence-corrected chi connectivity index (χ3v) is 3.03. The molecule has 96 valence electrons. The molecule has 0 bridgehead atoms. The van der Waals surface area contributed by atoms with Crippen LogP contribution in [0.5, 0.6) is 0 Å². The van der Waals surface area contributed by atoms with E-state index in [1.54, 1.807) is 12.1 Å². The predicted molar refractivity (Wildman–Crippen MR) is 67.9 cm³/mol. The second kappa shape index (κ2) is 6.91. The summed E-state index contributed by atoms with van der Waals surface area (Å²) in [5.41, 5.74) is 0.590. The van der Waals surface area contributed by atoms with Crippen LogP contribution >= 0.6 is 12.4 Å². The van der Waals surface area contributed by atoms with E-state index in [1.165, 1.54) is 6.07 Å². The Morgan fingerprint density at radius 2 is 1.94 bits per heavy atom. The summed E-state index contributed by atoms with van der Waals surface area (Å²) >= 11 is 0. The maximum absolute atomic E-state index is 13.6. The van der Waals surface area contributed by atoms with Gasteiger partial charge in [-0.05, 0) is 6.07 Å². The van der Waals surface area contributed by atoms with Gasteiger partial charge < -0.3 is 10.4 Å². The molecule has 0 aliphatic carbocycles. The summed E-state index contributed by atoms with van der Waals surface area (Å²) in [6, 6.07) is 6.45. The zero-order chi connectivity index (χ0) is 11.4. The number of hydrogen-bond acceptors (Lipinski definition) is 3. The van der Waals surface area contributed by atoms with Crippen LogP contribution in [-0.4, -0.2) is 42.8 Å². The summed E-state index contributed by atoms with van der Waals surface area (Å²) in [5, 5.41) is 12.7. The minimum Gasteiger partial charge on any atom is -0.394 e. The van der Waals surface area contributed by atoms with Crippen molar-refractivity contribution < 1.29 is 9.50 Å². The predicted octanol–water partition coefficient (Wildman–Crippen LogP) is 1.19. The molecule has 1 aliphatic rings. The lowest BCUT2D eigenvalue weighted by atomic mass is 10.0. The van der Waals surface area contributed by atoms with Gasteiger partial charge in [0.1, 0.15) is 5.82 Å². The van der Waals surface area contributed by atoms with E-state index in [-0.39, 0.29) is 30.9 Å². The van der Waals surface area contributed by atoms with Crippen LogP contribution in [0.4, 0.5) is 4.39 Å². The fourth-order valence-corrected chi connectivity index (χ4v) is 2.15. The van der Waals surface area contributed by atoms with Gasteiger partial charge in [0.05, 0.1) is 12.6 Å². The largest absolute Gasteiger partial charge is 0.394 e. The maximum atomic E-state index is 13.6. The van der Waals surface area contributed by atoms with Crippen molar-refractivity contribution in [1.29, 1.82) is 0 Å². The molecule has 0 spiro atoms. The van der Waals surface area contributed by atoms with Crippen molar-refractivity contribution in [3.63, 3.8) is 0 Å². The van der Waals surface area contributed by atoms with Crippen LogP contribution in [-0.2, 0) is 0 Å². The molecule has 0 amide bonds. The summed E-state index contributed by atoms with van der Waals surface area (Å²) in [5.74, 6) is -0.236. The number of nitrogens with one attached hydrogen (secondary N) is 1. The average molecular weight is 261 g/mol. The Morgan fingerprint density at radius 1 is 1.29 bits per heavy atom. The van der Waals surface area contributed by atoms with Crippen LogP contribution < -0.4 is 5.32 Å². The molecule has 2 N–H and O–H groups in total. The van der Waals surface area contributed by atoms with Crippen molar-refractivity contribution in [3.05, 3.63) is 35.6 Å². The topological polar surface area (TPSA) is 35.5 Å². The number of nitrogens with zero attached hydrogens (tertiary/aromatic N) is 1. The fourth-order valence-electron chi connectivity index (χ4n) is 2.15. The van der Waals surface area contributed by atoms with E-state index < -0.39 is 0 Å². The molecule has 1 fully saturated rings. The van der Waals surface area contributed by atoms with E-state index in [1.807, 2.05) is 6.07 Å². The molecular weight excluding hydrogens is 243 g/mol. The quantitative estimate of drug-likeness (QED) is 0.857. The normalized spacial score (nSPS) is 18.5. The molecule has 1 aromatic carbocycles. The Bertz CT molecular complexity index is 345. The van der Waals surface area contributed by atoms with Crippen molar-refractivity contribution in [2.24, 2.45) is 0 Å². The lowest BCUT2D eigenvalue weighted by Gasteiger charge is -2.34. The number of hydrogen-bond donors (Lipinski definition) is 2. The van der Waals surface area contributed by atoms with Crippen molar-refractivity contribution in [2.75, 3.05) is 32.8 Å². The SMILES string of the molecule is Cl.OC[C@@H](c1ccccc1F)N1CCNCC1. The number of piperazine rings is 1. The molecule has 17 heavy (non-hydrogen) atoms. The first-order valence-electron chi connectivity index (χ1n) is 5.63. The van der Waals surface area contributed by atoms with Gasteiger partial charge in [-0.2, -0.15) is 0 Å². The molecule has 0 aromatic heterocycles. The molecule has 1 heterocycles. The summed E-state index contributed by atoms with van der Waals surface area (Å²) in [6.07, 6.45) is 0. The lowest BCUT2D eigenvalue weighted by molar-refractivity contribution is 0.108. The third kappa shape index (κ3) is 3.39. The highest BCUT2D eigenvalue weighted by atomic mass is 35.5. The van der Waals surface area contributed by atoms with Gasteiger partial charge in [-0.25, -0.2) is 4.39 Å². The Labute approximate surface area is 107 Å². The molecule has 3 nitrogen and oxygen atoms in total. The van der Waals surface area contributed by atoms with Crippen LogP contribution in [0.1, 0.15) is 11.6 Å². The highest BCUT2D eigenvalue weighted by Crippen LogP contribution is 2.22. The van der Waals surface area contributed by atoms with E-state index in [0.29, 0.717) is 5.56 Å². The van der Waals surface area contributed by atoms with Gasteiger partial charge in [0.25, 0.3) is 0 Å². The van der Waals surface area contributed by atoms with Crippen molar-refractivity contribution in [2.45, 2.75) is 6.04 Å². The maximum Gasteiger partial charge on any atom is 0.128 e. The highest BCUT2D eigenvalue weighted by Gasteiger charge is 2.23. The summed E-state index contributed by atoms with van der Waals surface area (Å²) in [6.45, 7) is 3.44. The molecule has 0 saturated carbocycles. The second-order valence-electron chi connectivity index (χ2n) is 4.01. The number of aliphatic hydroxyl groups excluding tert-OH is 1. The first kappa shape index (κ1) is 14.4. The third-order valence-electron chi connectivity index (χ3n) is 3.03. The molecule has 1 aliphatic heterocycles. The number of benzene rings is 1. The highest BCUT2D eigenvalue weighted by molar-refractivity contribution is 5.85. The van der Waals surface area contributed by atoms with Gasteiger partial charge in [0, 0.05) is 31.7 Å². The Hall–Kier alpha value is -0.680. The first-order valence-corrected chi connectivity index (χ1v) is 5.63. The zero-order valence-corrected chi connectivity index (χ0v) is 10.4. The smallest absolute Gasteiger partial charge is 0.128 e. The van der Waals surface area contributed by atoms with E-state index in [9.17, 15) is 9.50 Å². The number of aliphatic hydroxyl groups is 1. The number of rotatable bonds is 3. The van der Waals surface area contributed by atoms with Gasteiger partial charge in [0.15, 0.2) is 0 Å². The van der Waals surface area contributed by atoms with Gasteiger partial charge in [-0.3, -0.25) is 4.90 Å². The van der Waals surface area contributed by atoms with Crippen LogP contribution in [0.3, 0.4) is 0 Å². The fraction of sp³-hybridized carbons (Fsp3) is 0.500. The van der Waals surface area contributed by atoms with E-state index >= 15 is 0 Å². The van der Waals surface area contributed by atoms with Gasteiger partial charge >= 0.3 is 0 Å². The van der Waals surface area contributed by atoms with E-state index in [2.05, 4.69) is 10.2 Å². The second-order valence-corrected chi connectivity index (χ2v) is 4.01. The molecule has 5 heteroatoms. The van der Waals surface area contributed by atoms with Crippen molar-refractivity contribution in [1.82, 2.24) is 10.2 Å². The molecule has 0 radical (unpaired) electrons. The summed E-state index contributed by atoms with van der Waals surface area (Å²) in [7, 11) is 0. The lowest BCUT2D eigenvalue weighted by Crippen LogP contribution is -2.46. The van der Waals surface area contributed by atoms with Crippen LogP contribution in [0, 0.1) is 5.82 Å². The Balaban J connectivity index is 0.00000144. The molecule has 1 aromatic rings. The van der Waals surface area contributed by atoms with Gasteiger partial charge in [-0.1, -0.05) is 18.2 Å². The standard InChI is InChI=1S/C12H17FN2O.ClH/c13-11-4-2-1-3-10(11)12(9-16)15-7-5-14-6-8-15;/h1-4,12,14,16H,5-9H2;1H/t12-;/m0./s1. The minimum atomic E-state index is -0.236. The van der Waals surface area contributed by atoms with Crippen molar-refractivity contribution in [3.8, 4) is 0 Å². The molecule has 0 unspecified atom stereocenters. The monoisotopic (exact) mass is 260 g/mol. The molecule has 1 atom stereocenters. The minimum absolute atomic E-state index is 0. The summed E-state index contributed by atoms with van der Waals surface area (Å²) in [4.78, 5) is 2.12. The van der Waals surface area contributed by atoms with Gasteiger partial charge in [-0.15, -0.1) is 12.4 Å². The molecular formula is C12H18ClFN2O. The van der Waals surface area contributed by atoms with Crippen LogP contribution in [0.25, 0.3) is 0 Å². The zero-order valence-electron chi connectivity index (χ0n) is 9.60. The van der Waals surface area contributed by atoms with E-state index in [0.717, 1.165) is 26.2 Å². The molecule has 1 saturated heterocycles. The number of halogens is 2. The first-order chi connectivity index (χ1) is 7.83. The van der Waals surface area contributed by atoms with Crippen LogP contribution in [0.15, 0.2) is 24.3 Å².